The van der Waals surface area contributed by atoms with Gasteiger partial charge in [0, 0.05) is 13.1 Å². The third-order valence-electron chi connectivity index (χ3n) is 3.01. The second-order valence-electron chi connectivity index (χ2n) is 5.82. The molecule has 0 atom stereocenters. The van der Waals surface area contributed by atoms with Gasteiger partial charge in [-0.25, -0.2) is 4.79 Å². The van der Waals surface area contributed by atoms with Gasteiger partial charge in [-0.3, -0.25) is 4.79 Å². The lowest BCUT2D eigenvalue weighted by Crippen LogP contribution is -2.46. The molecule has 0 bridgehead atoms. The SMILES string of the molecule is [2H]OC(=O)C1(C)CCN(C(=O)OC(C)(C)C)CC1. The Balaban J connectivity index is 2.54. The second kappa shape index (κ2) is 4.55. The zero-order valence-corrected chi connectivity index (χ0v) is 10.9. The minimum Gasteiger partial charge on any atom is -0.481 e. The summed E-state index contributed by atoms with van der Waals surface area (Å²) in [5, 5.41) is 4.05. The summed E-state index contributed by atoms with van der Waals surface area (Å²) in [6.45, 7) is 8.10. The first-order valence-electron chi connectivity index (χ1n) is 6.24. The molecule has 1 aliphatic rings. The van der Waals surface area contributed by atoms with E-state index in [1.807, 2.05) is 20.8 Å². The van der Waals surface area contributed by atoms with Gasteiger partial charge in [-0.2, -0.15) is 0 Å². The molecule has 0 unspecified atom stereocenters. The molecule has 0 aromatic heterocycles. The molecule has 0 aromatic carbocycles. The lowest BCUT2D eigenvalue weighted by molar-refractivity contribution is -0.150. The maximum Gasteiger partial charge on any atom is 0.410 e. The lowest BCUT2D eigenvalue weighted by atomic mass is 9.81. The Kier molecular flexibility index (Phi) is 3.26. The standard InChI is InChI=1S/C12H21NO4/c1-11(2,3)17-10(16)13-7-5-12(4,6-8-13)9(14)15/h5-8H2,1-4H3,(H,14,15)/i/hD. The summed E-state index contributed by atoms with van der Waals surface area (Å²) >= 11 is 0. The normalized spacial score (nSPS) is 20.5. The average Bonchev–Trinajstić information content (AvgIpc) is 2.26. The number of carbonyl (C=O) groups excluding carboxylic acids is 1. The zero-order valence-electron chi connectivity index (χ0n) is 11.9. The van der Waals surface area contributed by atoms with Crippen molar-refractivity contribution in [3.8, 4) is 0 Å². The van der Waals surface area contributed by atoms with E-state index >= 15 is 0 Å². The molecule has 0 aliphatic carbocycles. The summed E-state index contributed by atoms with van der Waals surface area (Å²) in [6, 6.07) is 0. The maximum absolute atomic E-state index is 11.8. The molecule has 17 heavy (non-hydrogen) atoms. The smallest absolute Gasteiger partial charge is 0.410 e. The van der Waals surface area contributed by atoms with Gasteiger partial charge in [-0.15, -0.1) is 0 Å². The molecule has 1 rings (SSSR count). The van der Waals surface area contributed by atoms with E-state index in [-0.39, 0.29) is 6.09 Å². The Morgan fingerprint density at radius 2 is 1.88 bits per heavy atom. The van der Waals surface area contributed by atoms with Crippen LogP contribution in [0.2, 0.25) is 0 Å². The Labute approximate surface area is 103 Å². The van der Waals surface area contributed by atoms with Crippen LogP contribution in [-0.2, 0) is 9.53 Å². The van der Waals surface area contributed by atoms with Crippen LogP contribution in [0.25, 0.3) is 1.43 Å². The van der Waals surface area contributed by atoms with Crippen molar-refractivity contribution in [3.05, 3.63) is 0 Å². The van der Waals surface area contributed by atoms with E-state index in [0.29, 0.717) is 25.9 Å². The third kappa shape index (κ3) is 3.61. The van der Waals surface area contributed by atoms with Crippen LogP contribution in [0.4, 0.5) is 4.79 Å². The van der Waals surface area contributed by atoms with Gasteiger partial charge in [0.1, 0.15) is 5.60 Å². The number of nitrogens with zero attached hydrogens (tertiary/aromatic N) is 1. The topological polar surface area (TPSA) is 66.8 Å². The monoisotopic (exact) mass is 244 g/mol. The lowest BCUT2D eigenvalue weighted by Gasteiger charge is -2.37. The van der Waals surface area contributed by atoms with Crippen LogP contribution in [-0.4, -0.2) is 40.8 Å². The molecule has 0 saturated carbocycles. The number of carbonyl (C=O) groups is 2. The van der Waals surface area contributed by atoms with Crippen molar-refractivity contribution in [2.75, 3.05) is 13.1 Å². The summed E-state index contributed by atoms with van der Waals surface area (Å²) in [6.07, 6.45) is 0.622. The number of hydrogen-bond donors (Lipinski definition) is 1. The van der Waals surface area contributed by atoms with E-state index in [0.717, 1.165) is 0 Å². The Hall–Kier alpha value is -1.26. The van der Waals surface area contributed by atoms with Crippen molar-refractivity contribution in [2.24, 2.45) is 5.41 Å². The molecule has 1 N–H and O–H groups in total. The Morgan fingerprint density at radius 1 is 1.35 bits per heavy atom. The van der Waals surface area contributed by atoms with E-state index in [2.05, 4.69) is 5.11 Å². The largest absolute Gasteiger partial charge is 0.481 e. The number of carboxylic acids is 1. The van der Waals surface area contributed by atoms with Crippen LogP contribution in [0.5, 0.6) is 0 Å². The molecule has 0 spiro atoms. The first-order valence-corrected chi connectivity index (χ1v) is 5.83. The van der Waals surface area contributed by atoms with Gasteiger partial charge in [0.15, 0.2) is 0 Å². The van der Waals surface area contributed by atoms with Gasteiger partial charge < -0.3 is 14.7 Å². The summed E-state index contributed by atoms with van der Waals surface area (Å²) in [4.78, 5) is 24.9. The first-order chi connectivity index (χ1) is 8.18. The predicted octanol–water partition coefficient (Wildman–Crippen LogP) is 2.11. The molecule has 1 fully saturated rings. The number of likely N-dealkylation sites (tertiary alicyclic amines) is 1. The summed E-state index contributed by atoms with van der Waals surface area (Å²) in [5.74, 6) is -0.536. The molecule has 1 amide bonds. The summed E-state index contributed by atoms with van der Waals surface area (Å²) in [7, 11) is 0. The highest BCUT2D eigenvalue weighted by Gasteiger charge is 2.38. The summed E-state index contributed by atoms with van der Waals surface area (Å²) in [5.41, 5.74) is -1.18. The quantitative estimate of drug-likeness (QED) is 0.767. The predicted molar refractivity (Wildman–Crippen MR) is 62.8 cm³/mol. The van der Waals surface area contributed by atoms with Crippen LogP contribution >= 0.6 is 0 Å². The number of amides is 1. The molecule has 98 valence electrons. The van der Waals surface area contributed by atoms with Gasteiger partial charge in [0.25, 0.3) is 1.43 Å². The molecule has 5 heteroatoms. The zero-order chi connectivity index (χ0) is 14.0. The van der Waals surface area contributed by atoms with Crippen molar-refractivity contribution in [1.29, 1.82) is 1.43 Å². The van der Waals surface area contributed by atoms with Crippen molar-refractivity contribution < 1.29 is 19.4 Å². The van der Waals surface area contributed by atoms with Gasteiger partial charge in [-0.1, -0.05) is 0 Å². The second-order valence-corrected chi connectivity index (χ2v) is 5.82. The van der Waals surface area contributed by atoms with Crippen molar-refractivity contribution >= 4 is 12.1 Å². The van der Waals surface area contributed by atoms with Crippen molar-refractivity contribution in [2.45, 2.75) is 46.1 Å². The fourth-order valence-corrected chi connectivity index (χ4v) is 1.71. The van der Waals surface area contributed by atoms with E-state index in [1.165, 1.54) is 0 Å². The number of aliphatic carboxylic acids is 1. The Bertz CT molecular complexity index is 329. The fraction of sp³-hybridized carbons (Fsp3) is 0.833. The van der Waals surface area contributed by atoms with Gasteiger partial charge in [0.2, 0.25) is 0 Å². The van der Waals surface area contributed by atoms with Crippen LogP contribution in [0.3, 0.4) is 0 Å². The molecular formula is C12H21NO4. The fourth-order valence-electron chi connectivity index (χ4n) is 1.71. The van der Waals surface area contributed by atoms with E-state index < -0.39 is 17.0 Å². The van der Waals surface area contributed by atoms with Gasteiger partial charge in [0.05, 0.1) is 5.41 Å². The van der Waals surface area contributed by atoms with Crippen LogP contribution in [0.15, 0.2) is 0 Å². The highest BCUT2D eigenvalue weighted by Crippen LogP contribution is 2.31. The van der Waals surface area contributed by atoms with E-state index in [4.69, 9.17) is 6.17 Å². The summed E-state index contributed by atoms with van der Waals surface area (Å²) < 4.78 is 11.9. The molecule has 0 radical (unpaired) electrons. The van der Waals surface area contributed by atoms with Crippen LogP contribution in [0.1, 0.15) is 40.5 Å². The van der Waals surface area contributed by atoms with Crippen molar-refractivity contribution in [3.63, 3.8) is 0 Å². The van der Waals surface area contributed by atoms with E-state index in [9.17, 15) is 9.59 Å². The van der Waals surface area contributed by atoms with Crippen LogP contribution < -0.4 is 0 Å². The molecular weight excluding hydrogens is 222 g/mol. The Morgan fingerprint density at radius 3 is 2.29 bits per heavy atom. The molecule has 1 heterocycles. The van der Waals surface area contributed by atoms with Crippen molar-refractivity contribution in [1.82, 2.24) is 4.90 Å². The van der Waals surface area contributed by atoms with Gasteiger partial charge in [-0.05, 0) is 40.5 Å². The average molecular weight is 244 g/mol. The minimum absolute atomic E-state index is 0.358. The number of ether oxygens (including phenoxy) is 1. The number of piperidine rings is 1. The first kappa shape index (κ1) is 12.2. The molecule has 1 aliphatic heterocycles. The third-order valence-corrected chi connectivity index (χ3v) is 3.01. The van der Waals surface area contributed by atoms with Crippen LogP contribution in [0, 0.1) is 5.41 Å². The molecule has 1 saturated heterocycles. The molecule has 0 aromatic rings. The minimum atomic E-state index is -0.666. The number of carboxylic acid groups (broad SMARTS) is 1. The highest BCUT2D eigenvalue weighted by molar-refractivity contribution is 5.75. The number of rotatable bonds is 1. The van der Waals surface area contributed by atoms with E-state index in [1.54, 1.807) is 11.8 Å². The number of hydrogen-bond acceptors (Lipinski definition) is 4. The molecule has 5 nitrogen and oxygen atoms in total. The highest BCUT2D eigenvalue weighted by atomic mass is 16.6. The maximum atomic E-state index is 11.8. The van der Waals surface area contributed by atoms with Gasteiger partial charge >= 0.3 is 12.1 Å².